The molecule has 0 radical (unpaired) electrons. The highest BCUT2D eigenvalue weighted by atomic mass is 31.2. The zero-order chi connectivity index (χ0) is 18.5. The topological polar surface area (TPSA) is 102 Å². The van der Waals surface area contributed by atoms with Crippen molar-refractivity contribution in [1.29, 1.82) is 0 Å². The van der Waals surface area contributed by atoms with Crippen molar-refractivity contribution < 1.29 is 28.5 Å². The molecule has 1 fully saturated rings. The number of nitrogens with one attached hydrogen (secondary N) is 1. The molecule has 7 nitrogen and oxygen atoms in total. The van der Waals surface area contributed by atoms with E-state index in [0.717, 1.165) is 38.5 Å². The average Bonchev–Trinajstić information content (AvgIpc) is 2.61. The van der Waals surface area contributed by atoms with Gasteiger partial charge in [0.15, 0.2) is 0 Å². The first-order chi connectivity index (χ1) is 11.9. The number of unbranched alkanes of at least 4 members (excludes halogenated alkanes) is 1. The highest BCUT2D eigenvalue weighted by molar-refractivity contribution is 7.57. The van der Waals surface area contributed by atoms with Crippen molar-refractivity contribution in [1.82, 2.24) is 5.32 Å². The Morgan fingerprint density at radius 3 is 2.40 bits per heavy atom. The normalized spacial score (nSPS) is 17.5. The molecule has 1 aliphatic carbocycles. The summed E-state index contributed by atoms with van der Waals surface area (Å²) in [5, 5.41) is 2.53. The first kappa shape index (κ1) is 22.0. The maximum Gasteiger partial charge on any atom is 0.407 e. The summed E-state index contributed by atoms with van der Waals surface area (Å²) in [7, 11) is -3.07. The Kier molecular flexibility index (Phi) is 10.8. The van der Waals surface area contributed by atoms with E-state index in [1.54, 1.807) is 0 Å². The van der Waals surface area contributed by atoms with Crippen LogP contribution in [0.25, 0.3) is 0 Å². The summed E-state index contributed by atoms with van der Waals surface area (Å²) < 4.78 is 21.8. The number of hydrogen-bond donors (Lipinski definition) is 2. The molecule has 1 saturated carbocycles. The molecule has 1 amide bonds. The van der Waals surface area contributed by atoms with Gasteiger partial charge in [-0.05, 0) is 25.7 Å². The van der Waals surface area contributed by atoms with Crippen molar-refractivity contribution in [3.8, 4) is 0 Å². The van der Waals surface area contributed by atoms with Gasteiger partial charge in [-0.25, -0.2) is 4.79 Å². The van der Waals surface area contributed by atoms with Crippen molar-refractivity contribution in [3.63, 3.8) is 0 Å². The van der Waals surface area contributed by atoms with Gasteiger partial charge >= 0.3 is 12.1 Å². The summed E-state index contributed by atoms with van der Waals surface area (Å²) >= 11 is 0. The Balaban J connectivity index is 2.01. The average molecular weight is 377 g/mol. The third kappa shape index (κ3) is 10.5. The van der Waals surface area contributed by atoms with E-state index < -0.39 is 13.5 Å². The van der Waals surface area contributed by atoms with E-state index in [4.69, 9.17) is 9.47 Å². The largest absolute Gasteiger partial charge is 0.462 e. The van der Waals surface area contributed by atoms with E-state index >= 15 is 0 Å². The molecular weight excluding hydrogens is 345 g/mol. The van der Waals surface area contributed by atoms with Crippen LogP contribution in [0.1, 0.15) is 58.3 Å². The molecule has 0 heterocycles. The summed E-state index contributed by atoms with van der Waals surface area (Å²) in [4.78, 5) is 33.0. The molecule has 0 aliphatic heterocycles. The Bertz CT molecular complexity index is 450. The van der Waals surface area contributed by atoms with E-state index in [0.29, 0.717) is 12.6 Å². The number of rotatable bonds is 11. The summed E-state index contributed by atoms with van der Waals surface area (Å²) in [5.41, 5.74) is 0. The van der Waals surface area contributed by atoms with Gasteiger partial charge < -0.3 is 19.7 Å². The van der Waals surface area contributed by atoms with Crippen LogP contribution in [0.4, 0.5) is 4.79 Å². The number of esters is 1. The van der Waals surface area contributed by atoms with E-state index in [1.165, 1.54) is 6.42 Å². The van der Waals surface area contributed by atoms with Crippen LogP contribution in [0.2, 0.25) is 0 Å². The van der Waals surface area contributed by atoms with Gasteiger partial charge in [-0.3, -0.25) is 9.36 Å². The van der Waals surface area contributed by atoms with E-state index in [1.807, 2.05) is 6.92 Å². The van der Waals surface area contributed by atoms with Crippen LogP contribution >= 0.6 is 7.37 Å². The minimum atomic E-state index is -3.07. The lowest BCUT2D eigenvalue weighted by Gasteiger charge is -2.19. The molecule has 0 aromatic carbocycles. The lowest BCUT2D eigenvalue weighted by atomic mass is 9.89. The highest BCUT2D eigenvalue weighted by Gasteiger charge is 2.22. The van der Waals surface area contributed by atoms with Crippen molar-refractivity contribution >= 4 is 19.4 Å². The molecule has 8 heteroatoms. The number of carbonyl (C=O) groups is 2. The minimum absolute atomic E-state index is 0.00976. The molecule has 2 N–H and O–H groups in total. The minimum Gasteiger partial charge on any atom is -0.462 e. The fourth-order valence-electron chi connectivity index (χ4n) is 2.82. The zero-order valence-electron chi connectivity index (χ0n) is 15.2. The monoisotopic (exact) mass is 377 g/mol. The van der Waals surface area contributed by atoms with Gasteiger partial charge in [0.05, 0.1) is 5.92 Å². The lowest BCUT2D eigenvalue weighted by Crippen LogP contribution is -2.28. The fraction of sp³-hybridized carbons (Fsp3) is 0.882. The van der Waals surface area contributed by atoms with Crippen molar-refractivity contribution in [2.75, 3.05) is 32.1 Å². The Morgan fingerprint density at radius 2 is 1.72 bits per heavy atom. The predicted octanol–water partition coefficient (Wildman–Crippen LogP) is 3.30. The third-order valence-electron chi connectivity index (χ3n) is 4.31. The van der Waals surface area contributed by atoms with Gasteiger partial charge in [0, 0.05) is 18.9 Å². The molecule has 0 aromatic rings. The second kappa shape index (κ2) is 12.3. The Labute approximate surface area is 150 Å². The predicted molar refractivity (Wildman–Crippen MR) is 96.0 cm³/mol. The fourth-order valence-corrected chi connectivity index (χ4v) is 4.50. The van der Waals surface area contributed by atoms with Gasteiger partial charge in [0.25, 0.3) is 0 Å². The second-order valence-corrected chi connectivity index (χ2v) is 9.15. The smallest absolute Gasteiger partial charge is 0.407 e. The Hall–Kier alpha value is -1.07. The van der Waals surface area contributed by atoms with Crippen LogP contribution in [0.5, 0.6) is 0 Å². The van der Waals surface area contributed by atoms with Crippen LogP contribution in [0.3, 0.4) is 0 Å². The molecule has 0 saturated heterocycles. The molecule has 0 aromatic heterocycles. The first-order valence-corrected chi connectivity index (χ1v) is 11.4. The van der Waals surface area contributed by atoms with Crippen LogP contribution < -0.4 is 5.32 Å². The number of hydrogen-bond acceptors (Lipinski definition) is 5. The summed E-state index contributed by atoms with van der Waals surface area (Å²) in [6.45, 7) is 2.34. The van der Waals surface area contributed by atoms with Crippen LogP contribution in [0.15, 0.2) is 0 Å². The van der Waals surface area contributed by atoms with Crippen molar-refractivity contribution in [2.45, 2.75) is 58.3 Å². The van der Waals surface area contributed by atoms with Crippen LogP contribution in [-0.2, 0) is 18.8 Å². The summed E-state index contributed by atoms with van der Waals surface area (Å²) in [6.07, 6.45) is 7.07. The molecule has 25 heavy (non-hydrogen) atoms. The molecule has 1 aliphatic rings. The third-order valence-corrected chi connectivity index (χ3v) is 6.34. The van der Waals surface area contributed by atoms with Gasteiger partial charge in [-0.1, -0.05) is 32.6 Å². The number of carbonyl (C=O) groups excluding carboxylic acids is 2. The molecular formula is C17H32NO6P. The van der Waals surface area contributed by atoms with Crippen molar-refractivity contribution in [2.24, 2.45) is 5.92 Å². The molecule has 1 unspecified atom stereocenters. The highest BCUT2D eigenvalue weighted by Crippen LogP contribution is 2.41. The van der Waals surface area contributed by atoms with Crippen LogP contribution in [-0.4, -0.2) is 49.0 Å². The van der Waals surface area contributed by atoms with E-state index in [-0.39, 0.29) is 37.8 Å². The molecule has 0 bridgehead atoms. The molecule has 1 atom stereocenters. The molecule has 146 valence electrons. The van der Waals surface area contributed by atoms with Gasteiger partial charge in [-0.15, -0.1) is 0 Å². The molecule has 0 spiro atoms. The maximum atomic E-state index is 11.8. The SMILES string of the molecule is CCCCP(=O)(O)CCCNC(=O)OCCOC(=O)C1CCCCC1. The van der Waals surface area contributed by atoms with Crippen molar-refractivity contribution in [3.05, 3.63) is 0 Å². The Morgan fingerprint density at radius 1 is 1.08 bits per heavy atom. The number of alkyl carbamates (subject to hydrolysis) is 1. The summed E-state index contributed by atoms with van der Waals surface area (Å²) in [6, 6.07) is 0. The number of ether oxygens (including phenoxy) is 2. The zero-order valence-corrected chi connectivity index (χ0v) is 16.1. The van der Waals surface area contributed by atoms with Gasteiger partial charge in [-0.2, -0.15) is 0 Å². The standard InChI is InChI=1S/C17H32NO6P/c1-2-3-13-25(21,22)14-7-10-18-17(20)24-12-11-23-16(19)15-8-5-4-6-9-15/h15H,2-14H2,1H3,(H,18,20)(H,21,22). The number of amides is 1. The first-order valence-electron chi connectivity index (χ1n) is 9.32. The van der Waals surface area contributed by atoms with E-state index in [2.05, 4.69) is 5.32 Å². The molecule has 1 rings (SSSR count). The van der Waals surface area contributed by atoms with Gasteiger partial charge in [0.1, 0.15) is 13.2 Å². The lowest BCUT2D eigenvalue weighted by molar-refractivity contribution is -0.150. The van der Waals surface area contributed by atoms with E-state index in [9.17, 15) is 19.0 Å². The summed E-state index contributed by atoms with van der Waals surface area (Å²) in [5.74, 6) is -0.209. The quantitative estimate of drug-likeness (QED) is 0.325. The van der Waals surface area contributed by atoms with Crippen LogP contribution in [0, 0.1) is 5.92 Å². The maximum absolute atomic E-state index is 11.8. The van der Waals surface area contributed by atoms with Gasteiger partial charge in [0.2, 0.25) is 7.37 Å². The second-order valence-electron chi connectivity index (χ2n) is 6.57.